The van der Waals surface area contributed by atoms with Crippen LogP contribution in [0.5, 0.6) is 0 Å². The molecule has 1 aliphatic rings. The maximum atomic E-state index is 10.6. The summed E-state index contributed by atoms with van der Waals surface area (Å²) in [6.07, 6.45) is 2.53. The van der Waals surface area contributed by atoms with Gasteiger partial charge < -0.3 is 9.84 Å². The first-order valence-corrected chi connectivity index (χ1v) is 7.13. The zero-order valence-corrected chi connectivity index (χ0v) is 11.6. The van der Waals surface area contributed by atoms with E-state index in [1.165, 1.54) is 0 Å². The fourth-order valence-electron chi connectivity index (χ4n) is 1.91. The smallest absolute Gasteiger partial charge is 0.117 e. The molecular formula is C10H15BrN2O2S. The van der Waals surface area contributed by atoms with Crippen LogP contribution in [0, 0.1) is 0 Å². The Balaban J connectivity index is 2.27. The summed E-state index contributed by atoms with van der Waals surface area (Å²) in [5, 5.41) is 14.8. The van der Waals surface area contributed by atoms with Crippen molar-refractivity contribution in [3.63, 3.8) is 0 Å². The van der Waals surface area contributed by atoms with E-state index in [2.05, 4.69) is 21.0 Å². The maximum Gasteiger partial charge on any atom is 0.117 e. The molecule has 0 bridgehead atoms. The standard InChI is InChI=1S/C10H15BrN2O2S/c1-15-4-3-13-9(8(11)6-12-13)10(14)2-5-16-7-10/h6,14H,2-5,7H2,1H3. The lowest BCUT2D eigenvalue weighted by molar-refractivity contribution is 0.0531. The molecule has 1 aliphatic heterocycles. The molecule has 6 heteroatoms. The highest BCUT2D eigenvalue weighted by molar-refractivity contribution is 9.10. The lowest BCUT2D eigenvalue weighted by Gasteiger charge is -2.23. The second-order valence-corrected chi connectivity index (χ2v) is 5.85. The molecule has 0 saturated carbocycles. The van der Waals surface area contributed by atoms with Crippen molar-refractivity contribution in [3.8, 4) is 0 Å². The average Bonchev–Trinajstić information content (AvgIpc) is 2.83. The van der Waals surface area contributed by atoms with E-state index in [9.17, 15) is 5.11 Å². The van der Waals surface area contributed by atoms with Crippen LogP contribution in [0.2, 0.25) is 0 Å². The molecular weight excluding hydrogens is 292 g/mol. The van der Waals surface area contributed by atoms with Crippen molar-refractivity contribution in [1.82, 2.24) is 9.78 Å². The van der Waals surface area contributed by atoms with Crippen LogP contribution < -0.4 is 0 Å². The number of rotatable bonds is 4. The highest BCUT2D eigenvalue weighted by Gasteiger charge is 2.38. The number of hydrogen-bond donors (Lipinski definition) is 1. The maximum absolute atomic E-state index is 10.6. The van der Waals surface area contributed by atoms with E-state index < -0.39 is 5.60 Å². The first-order valence-electron chi connectivity index (χ1n) is 5.18. The molecule has 0 radical (unpaired) electrons. The third-order valence-corrected chi connectivity index (χ3v) is 4.50. The van der Waals surface area contributed by atoms with Crippen LogP contribution in [0.1, 0.15) is 12.1 Å². The van der Waals surface area contributed by atoms with Gasteiger partial charge in [-0.15, -0.1) is 0 Å². The van der Waals surface area contributed by atoms with Gasteiger partial charge in [0.15, 0.2) is 0 Å². The molecule has 4 nitrogen and oxygen atoms in total. The van der Waals surface area contributed by atoms with Crippen molar-refractivity contribution in [2.24, 2.45) is 0 Å². The quantitative estimate of drug-likeness (QED) is 0.918. The number of halogens is 1. The van der Waals surface area contributed by atoms with Gasteiger partial charge in [0, 0.05) is 12.9 Å². The van der Waals surface area contributed by atoms with Gasteiger partial charge in [0.05, 0.1) is 29.5 Å². The summed E-state index contributed by atoms with van der Waals surface area (Å²) < 4.78 is 7.76. The van der Waals surface area contributed by atoms with Crippen LogP contribution >= 0.6 is 27.7 Å². The Hall–Kier alpha value is -0.0400. The molecule has 0 amide bonds. The van der Waals surface area contributed by atoms with Gasteiger partial charge in [-0.05, 0) is 28.1 Å². The molecule has 1 N–H and O–H groups in total. The molecule has 2 rings (SSSR count). The Morgan fingerprint density at radius 3 is 3.19 bits per heavy atom. The number of nitrogens with zero attached hydrogens (tertiary/aromatic N) is 2. The van der Waals surface area contributed by atoms with E-state index in [1.54, 1.807) is 25.1 Å². The predicted octanol–water partition coefficient (Wildman–Crippen LogP) is 1.62. The largest absolute Gasteiger partial charge is 0.383 e. The summed E-state index contributed by atoms with van der Waals surface area (Å²) in [7, 11) is 1.67. The van der Waals surface area contributed by atoms with Crippen LogP contribution in [0.15, 0.2) is 10.7 Å². The SMILES string of the molecule is COCCn1ncc(Br)c1C1(O)CCSC1. The Kier molecular flexibility index (Phi) is 3.94. The van der Waals surface area contributed by atoms with Crippen LogP contribution in [-0.4, -0.2) is 40.1 Å². The number of hydrogen-bond acceptors (Lipinski definition) is 4. The lowest BCUT2D eigenvalue weighted by atomic mass is 9.99. The molecule has 1 aromatic rings. The van der Waals surface area contributed by atoms with Crippen LogP contribution in [0.3, 0.4) is 0 Å². The van der Waals surface area contributed by atoms with E-state index in [-0.39, 0.29) is 0 Å². The van der Waals surface area contributed by atoms with Crippen molar-refractivity contribution >= 4 is 27.7 Å². The predicted molar refractivity (Wildman–Crippen MR) is 67.6 cm³/mol. The number of aromatic nitrogens is 2. The van der Waals surface area contributed by atoms with Crippen molar-refractivity contribution < 1.29 is 9.84 Å². The van der Waals surface area contributed by atoms with E-state index >= 15 is 0 Å². The fourth-order valence-corrected chi connectivity index (χ4v) is 3.82. The monoisotopic (exact) mass is 306 g/mol. The lowest BCUT2D eigenvalue weighted by Crippen LogP contribution is -2.29. The van der Waals surface area contributed by atoms with Gasteiger partial charge in [-0.2, -0.15) is 16.9 Å². The van der Waals surface area contributed by atoms with Crippen molar-refractivity contribution in [2.45, 2.75) is 18.6 Å². The Morgan fingerprint density at radius 1 is 1.75 bits per heavy atom. The van der Waals surface area contributed by atoms with Gasteiger partial charge in [0.25, 0.3) is 0 Å². The summed E-state index contributed by atoms with van der Waals surface area (Å²) in [6, 6.07) is 0. The minimum Gasteiger partial charge on any atom is -0.383 e. The van der Waals surface area contributed by atoms with Gasteiger partial charge >= 0.3 is 0 Å². The summed E-state index contributed by atoms with van der Waals surface area (Å²) >= 11 is 5.24. The Morgan fingerprint density at radius 2 is 2.56 bits per heavy atom. The number of thioether (sulfide) groups is 1. The third kappa shape index (κ3) is 2.30. The number of aliphatic hydroxyl groups is 1. The van der Waals surface area contributed by atoms with E-state index in [0.717, 1.165) is 28.1 Å². The topological polar surface area (TPSA) is 47.3 Å². The average molecular weight is 307 g/mol. The molecule has 0 aromatic carbocycles. The van der Waals surface area contributed by atoms with E-state index in [4.69, 9.17) is 4.74 Å². The highest BCUT2D eigenvalue weighted by Crippen LogP contribution is 2.39. The molecule has 1 unspecified atom stereocenters. The zero-order chi connectivity index (χ0) is 11.6. The highest BCUT2D eigenvalue weighted by atomic mass is 79.9. The Bertz CT molecular complexity index is 364. The number of methoxy groups -OCH3 is 1. The fraction of sp³-hybridized carbons (Fsp3) is 0.700. The molecule has 90 valence electrons. The molecule has 1 aromatic heterocycles. The second-order valence-electron chi connectivity index (χ2n) is 3.89. The molecule has 16 heavy (non-hydrogen) atoms. The Labute approximate surface area is 107 Å². The van der Waals surface area contributed by atoms with Crippen molar-refractivity contribution in [1.29, 1.82) is 0 Å². The normalized spacial score (nSPS) is 25.2. The molecule has 2 heterocycles. The van der Waals surface area contributed by atoms with Crippen LogP contribution in [0.25, 0.3) is 0 Å². The van der Waals surface area contributed by atoms with Crippen LogP contribution in [-0.2, 0) is 16.9 Å². The van der Waals surface area contributed by atoms with Crippen molar-refractivity contribution in [3.05, 3.63) is 16.4 Å². The second kappa shape index (κ2) is 5.08. The van der Waals surface area contributed by atoms with Crippen LogP contribution in [0.4, 0.5) is 0 Å². The molecule has 1 saturated heterocycles. The molecule has 0 aliphatic carbocycles. The first kappa shape index (κ1) is 12.4. The number of ether oxygens (including phenoxy) is 1. The third-order valence-electron chi connectivity index (χ3n) is 2.74. The van der Waals surface area contributed by atoms with Crippen molar-refractivity contribution in [2.75, 3.05) is 25.2 Å². The van der Waals surface area contributed by atoms with E-state index in [1.807, 2.05) is 4.68 Å². The van der Waals surface area contributed by atoms with E-state index in [0.29, 0.717) is 13.2 Å². The van der Waals surface area contributed by atoms with Gasteiger partial charge in [-0.3, -0.25) is 4.68 Å². The molecule has 1 fully saturated rings. The summed E-state index contributed by atoms with van der Waals surface area (Å²) in [5.41, 5.74) is 0.142. The minimum atomic E-state index is -0.742. The van der Waals surface area contributed by atoms with Gasteiger partial charge in [-0.1, -0.05) is 0 Å². The zero-order valence-electron chi connectivity index (χ0n) is 9.15. The van der Waals surface area contributed by atoms with Gasteiger partial charge in [0.2, 0.25) is 0 Å². The molecule has 0 spiro atoms. The summed E-state index contributed by atoms with van der Waals surface area (Å²) in [6.45, 7) is 1.27. The summed E-state index contributed by atoms with van der Waals surface area (Å²) in [5.74, 6) is 1.74. The summed E-state index contributed by atoms with van der Waals surface area (Å²) in [4.78, 5) is 0. The molecule has 1 atom stereocenters. The minimum absolute atomic E-state index is 0.602. The van der Waals surface area contributed by atoms with Gasteiger partial charge in [-0.25, -0.2) is 0 Å². The first-order chi connectivity index (χ1) is 7.67. The van der Waals surface area contributed by atoms with Gasteiger partial charge in [0.1, 0.15) is 5.60 Å².